The van der Waals surface area contributed by atoms with E-state index in [4.69, 9.17) is 0 Å². The second kappa shape index (κ2) is 10.1. The number of anilines is 1. The first-order valence-electron chi connectivity index (χ1n) is 12.4. The maximum atomic E-state index is 14.3. The molecule has 1 aromatic carbocycles. The van der Waals surface area contributed by atoms with Crippen LogP contribution in [-0.2, 0) is 15.8 Å². The number of halogens is 4. The fraction of sp³-hybridized carbons (Fsp3) is 0.370. The summed E-state index contributed by atoms with van der Waals surface area (Å²) in [5.74, 6) is -2.04. The summed E-state index contributed by atoms with van der Waals surface area (Å²) < 4.78 is 56.8. The molecular weight excluding hydrogens is 518 g/mol. The van der Waals surface area contributed by atoms with Gasteiger partial charge in [0.1, 0.15) is 0 Å². The number of nitrogens with zero attached hydrogens (tertiary/aromatic N) is 4. The number of nitrogens with one attached hydrogen (secondary N) is 1. The van der Waals surface area contributed by atoms with Gasteiger partial charge < -0.3 is 15.1 Å². The summed E-state index contributed by atoms with van der Waals surface area (Å²) >= 11 is 0. The number of hydrogen-bond acceptors (Lipinski definition) is 5. The van der Waals surface area contributed by atoms with Crippen molar-refractivity contribution in [3.63, 3.8) is 0 Å². The Balaban J connectivity index is 1.42. The van der Waals surface area contributed by atoms with Gasteiger partial charge in [0.2, 0.25) is 0 Å². The summed E-state index contributed by atoms with van der Waals surface area (Å²) in [5.41, 5.74) is -1.96. The number of carbonyl (C=O) groups is 3. The standard InChI is InChI=1S/C27H23F4N5O3/c28-21-5-3-4-17-18(12-22(37)34-23(17)21)25(38)33-16-6-9-36(14-16)24-19(26(39)35-7-1-2-8-35)10-15(13-32)11-20(24)27(29,30)31/h3-5,10-12,16,21H,1-2,6-9,14H2,(H,33,38)/t16-,21?/m1/s1. The average molecular weight is 542 g/mol. The number of likely N-dealkylation sites (tertiary alicyclic amines) is 1. The van der Waals surface area contributed by atoms with E-state index in [9.17, 15) is 37.2 Å². The molecule has 1 aromatic rings. The molecule has 5 rings (SSSR count). The predicted octanol–water partition coefficient (Wildman–Crippen LogP) is 3.25. The van der Waals surface area contributed by atoms with Crippen molar-refractivity contribution < 1.29 is 31.9 Å². The fourth-order valence-corrected chi connectivity index (χ4v) is 5.32. The lowest BCUT2D eigenvalue weighted by molar-refractivity contribution is -0.137. The third kappa shape index (κ3) is 5.08. The number of allylic oxidation sites excluding steroid dienone is 3. The van der Waals surface area contributed by atoms with Gasteiger partial charge in [-0.25, -0.2) is 9.38 Å². The molecule has 1 N–H and O–H groups in total. The molecule has 3 amide bonds. The zero-order valence-corrected chi connectivity index (χ0v) is 20.6. The van der Waals surface area contributed by atoms with Gasteiger partial charge in [0.25, 0.3) is 17.7 Å². The van der Waals surface area contributed by atoms with Gasteiger partial charge in [0, 0.05) is 43.9 Å². The number of aliphatic imine (C=N–C) groups is 1. The van der Waals surface area contributed by atoms with Crippen LogP contribution < -0.4 is 10.2 Å². The molecule has 0 bridgehead atoms. The number of carbonyl (C=O) groups excluding carboxylic acids is 3. The van der Waals surface area contributed by atoms with E-state index < -0.39 is 41.7 Å². The Hall–Kier alpha value is -4.27. The number of amides is 3. The molecule has 3 heterocycles. The lowest BCUT2D eigenvalue weighted by Crippen LogP contribution is -2.40. The maximum absolute atomic E-state index is 14.3. The van der Waals surface area contributed by atoms with Crippen LogP contribution in [0.2, 0.25) is 0 Å². The minimum Gasteiger partial charge on any atom is -0.368 e. The van der Waals surface area contributed by atoms with Gasteiger partial charge >= 0.3 is 6.18 Å². The van der Waals surface area contributed by atoms with E-state index in [1.54, 1.807) is 6.07 Å². The number of alkyl halides is 4. The summed E-state index contributed by atoms with van der Waals surface area (Å²) in [6.07, 6.45) is 0.332. The average Bonchev–Trinajstić information content (AvgIpc) is 3.60. The van der Waals surface area contributed by atoms with Crippen molar-refractivity contribution >= 4 is 29.1 Å². The summed E-state index contributed by atoms with van der Waals surface area (Å²) in [6, 6.07) is 3.02. The van der Waals surface area contributed by atoms with Crippen LogP contribution in [0.5, 0.6) is 0 Å². The van der Waals surface area contributed by atoms with Crippen molar-refractivity contribution in [1.29, 1.82) is 5.26 Å². The maximum Gasteiger partial charge on any atom is 0.418 e. The third-order valence-corrected chi connectivity index (χ3v) is 7.12. The van der Waals surface area contributed by atoms with Gasteiger partial charge in [0.05, 0.1) is 39.7 Å². The molecule has 2 atom stereocenters. The molecule has 1 unspecified atom stereocenters. The van der Waals surface area contributed by atoms with Crippen molar-refractivity contribution in [2.24, 2.45) is 4.99 Å². The molecule has 3 aliphatic heterocycles. The Morgan fingerprint density at radius 3 is 2.59 bits per heavy atom. The highest BCUT2D eigenvalue weighted by Gasteiger charge is 2.41. The molecule has 39 heavy (non-hydrogen) atoms. The summed E-state index contributed by atoms with van der Waals surface area (Å²) in [7, 11) is 0. The first-order chi connectivity index (χ1) is 18.6. The molecule has 4 aliphatic rings. The van der Waals surface area contributed by atoms with Crippen LogP contribution >= 0.6 is 0 Å². The van der Waals surface area contributed by atoms with Crippen LogP contribution in [0, 0.1) is 11.3 Å². The molecule has 0 radical (unpaired) electrons. The van der Waals surface area contributed by atoms with Crippen LogP contribution in [0.1, 0.15) is 40.7 Å². The molecule has 8 nitrogen and oxygen atoms in total. The van der Waals surface area contributed by atoms with Crippen molar-refractivity contribution in [1.82, 2.24) is 10.2 Å². The molecule has 0 saturated carbocycles. The van der Waals surface area contributed by atoms with Gasteiger partial charge in [0.15, 0.2) is 6.17 Å². The Kier molecular flexibility index (Phi) is 6.84. The molecule has 1 aliphatic carbocycles. The minimum absolute atomic E-state index is 0.0478. The minimum atomic E-state index is -4.84. The number of rotatable bonds is 4. The van der Waals surface area contributed by atoms with E-state index in [-0.39, 0.29) is 53.2 Å². The van der Waals surface area contributed by atoms with E-state index in [1.165, 1.54) is 34.1 Å². The van der Waals surface area contributed by atoms with Crippen molar-refractivity contribution in [3.8, 4) is 6.07 Å². The van der Waals surface area contributed by atoms with Gasteiger partial charge in [-0.1, -0.05) is 12.2 Å². The second-order valence-electron chi connectivity index (χ2n) is 9.69. The van der Waals surface area contributed by atoms with Crippen molar-refractivity contribution in [2.45, 2.75) is 37.7 Å². The largest absolute Gasteiger partial charge is 0.418 e. The van der Waals surface area contributed by atoms with E-state index in [0.29, 0.717) is 13.1 Å². The normalized spacial score (nSPS) is 22.6. The molecule has 12 heteroatoms. The first-order valence-corrected chi connectivity index (χ1v) is 12.4. The van der Waals surface area contributed by atoms with Gasteiger partial charge in [-0.2, -0.15) is 18.4 Å². The quantitative estimate of drug-likeness (QED) is 0.590. The highest BCUT2D eigenvalue weighted by molar-refractivity contribution is 6.24. The van der Waals surface area contributed by atoms with Gasteiger partial charge in [-0.3, -0.25) is 14.4 Å². The molecule has 2 saturated heterocycles. The molecular formula is C27H23F4N5O3. The number of hydrogen-bond donors (Lipinski definition) is 1. The van der Waals surface area contributed by atoms with Crippen LogP contribution in [0.4, 0.5) is 23.2 Å². The summed E-state index contributed by atoms with van der Waals surface area (Å²) in [6.45, 7) is 0.884. The summed E-state index contributed by atoms with van der Waals surface area (Å²) in [5, 5.41) is 12.1. The topological polar surface area (TPSA) is 106 Å². The Bertz CT molecular complexity index is 1410. The van der Waals surface area contributed by atoms with Crippen LogP contribution in [0.25, 0.3) is 0 Å². The fourth-order valence-electron chi connectivity index (χ4n) is 5.32. The first kappa shape index (κ1) is 26.3. The van der Waals surface area contributed by atoms with E-state index in [0.717, 1.165) is 25.0 Å². The lowest BCUT2D eigenvalue weighted by atomic mass is 9.91. The second-order valence-corrected chi connectivity index (χ2v) is 9.69. The Morgan fingerprint density at radius 1 is 1.15 bits per heavy atom. The van der Waals surface area contributed by atoms with Crippen LogP contribution in [0.15, 0.2) is 52.6 Å². The molecule has 2 fully saturated rings. The van der Waals surface area contributed by atoms with Gasteiger partial charge in [-0.15, -0.1) is 0 Å². The zero-order chi connectivity index (χ0) is 27.9. The lowest BCUT2D eigenvalue weighted by Gasteiger charge is -2.28. The number of fused-ring (bicyclic) bond motifs is 1. The number of benzene rings is 1. The SMILES string of the molecule is N#Cc1cc(C(=O)N2CCCC2)c(N2CC[C@@H](NC(=O)C3=CC(=O)N=C4C3=CC=CC4F)C2)c(C(F)(F)F)c1. The molecule has 0 aromatic heterocycles. The van der Waals surface area contributed by atoms with Crippen LogP contribution in [0.3, 0.4) is 0 Å². The smallest absolute Gasteiger partial charge is 0.368 e. The molecule has 0 spiro atoms. The monoisotopic (exact) mass is 541 g/mol. The predicted molar refractivity (Wildman–Crippen MR) is 133 cm³/mol. The van der Waals surface area contributed by atoms with E-state index in [1.807, 2.05) is 0 Å². The third-order valence-electron chi connectivity index (χ3n) is 7.12. The summed E-state index contributed by atoms with van der Waals surface area (Å²) in [4.78, 5) is 44.9. The van der Waals surface area contributed by atoms with E-state index in [2.05, 4.69) is 10.3 Å². The highest BCUT2D eigenvalue weighted by atomic mass is 19.4. The van der Waals surface area contributed by atoms with Gasteiger partial charge in [-0.05, 0) is 37.5 Å². The van der Waals surface area contributed by atoms with Crippen LogP contribution in [-0.4, -0.2) is 66.7 Å². The number of nitriles is 1. The highest BCUT2D eigenvalue weighted by Crippen LogP contribution is 2.41. The van der Waals surface area contributed by atoms with Crippen molar-refractivity contribution in [2.75, 3.05) is 31.1 Å². The Labute approximate surface area is 221 Å². The molecule has 202 valence electrons. The zero-order valence-electron chi connectivity index (χ0n) is 20.6. The number of dihydropyridines is 1. The Morgan fingerprint density at radius 2 is 1.90 bits per heavy atom. The van der Waals surface area contributed by atoms with Crippen molar-refractivity contribution in [3.05, 3.63) is 64.3 Å². The van der Waals surface area contributed by atoms with E-state index >= 15 is 0 Å².